The van der Waals surface area contributed by atoms with Crippen LogP contribution in [0.25, 0.3) is 0 Å². The largest absolute Gasteiger partial charge is 0.489 e. The van der Waals surface area contributed by atoms with Gasteiger partial charge >= 0.3 is 0 Å². The van der Waals surface area contributed by atoms with Crippen LogP contribution in [0.5, 0.6) is 5.75 Å². The Kier molecular flexibility index (Phi) is 5.09. The maximum absolute atomic E-state index is 5.82. The summed E-state index contributed by atoms with van der Waals surface area (Å²) in [6, 6.07) is 16.0. The van der Waals surface area contributed by atoms with Crippen molar-refractivity contribution in [3.8, 4) is 17.6 Å². The van der Waals surface area contributed by atoms with Crippen molar-refractivity contribution < 1.29 is 4.74 Å². The highest BCUT2D eigenvalue weighted by Gasteiger charge is 2.05. The Morgan fingerprint density at radius 1 is 1.14 bits per heavy atom. The normalized spacial score (nSPS) is 10.7. The van der Waals surface area contributed by atoms with Gasteiger partial charge in [0.2, 0.25) is 0 Å². The second kappa shape index (κ2) is 6.83. The summed E-state index contributed by atoms with van der Waals surface area (Å²) in [5, 5.41) is 0. The molecule has 0 aliphatic heterocycles. The van der Waals surface area contributed by atoms with Gasteiger partial charge in [0, 0.05) is 15.5 Å². The van der Waals surface area contributed by atoms with E-state index in [0.717, 1.165) is 21.3 Å². The first-order valence-corrected chi connectivity index (χ1v) is 7.58. The molecule has 2 aromatic rings. The fourth-order valence-electron chi connectivity index (χ4n) is 1.67. The number of benzene rings is 2. The Hall–Kier alpha value is -1.72. The van der Waals surface area contributed by atoms with Gasteiger partial charge in [0.1, 0.15) is 12.4 Å². The van der Waals surface area contributed by atoms with Crippen LogP contribution in [0.4, 0.5) is 0 Å². The molecule has 0 saturated heterocycles. The molecule has 0 unspecified atom stereocenters. The molecular formula is C19H18BrO. The van der Waals surface area contributed by atoms with E-state index in [1.807, 2.05) is 62.4 Å². The van der Waals surface area contributed by atoms with E-state index >= 15 is 0 Å². The van der Waals surface area contributed by atoms with Gasteiger partial charge in [-0.25, -0.2) is 0 Å². The highest BCUT2D eigenvalue weighted by Crippen LogP contribution is 2.23. The number of hydrogen-bond donors (Lipinski definition) is 0. The van der Waals surface area contributed by atoms with Crippen LogP contribution in [0.15, 0.2) is 53.0 Å². The van der Waals surface area contributed by atoms with Gasteiger partial charge in [-0.05, 0) is 60.5 Å². The molecule has 1 nitrogen and oxygen atoms in total. The van der Waals surface area contributed by atoms with Crippen molar-refractivity contribution >= 4 is 15.9 Å². The standard InChI is InChI=1S/C19H18BrO/c1-19(2,3)12-11-16-13-17(9-10-18(16)20)21-14-15-7-5-4-6-8-15/h4-10,13H,1,14H2,2-3H3. The fourth-order valence-corrected chi connectivity index (χ4v) is 2.01. The molecule has 0 aliphatic rings. The lowest BCUT2D eigenvalue weighted by Crippen LogP contribution is -2.00. The lowest BCUT2D eigenvalue weighted by Gasteiger charge is -2.09. The van der Waals surface area contributed by atoms with Crippen LogP contribution in [-0.2, 0) is 6.61 Å². The minimum atomic E-state index is -0.264. The fraction of sp³-hybridized carbons (Fsp3) is 0.211. The Balaban J connectivity index is 2.13. The van der Waals surface area contributed by atoms with Crippen LogP contribution in [-0.4, -0.2) is 0 Å². The van der Waals surface area contributed by atoms with Crippen molar-refractivity contribution in [2.75, 3.05) is 0 Å². The monoisotopic (exact) mass is 341 g/mol. The predicted molar refractivity (Wildman–Crippen MR) is 90.9 cm³/mol. The average molecular weight is 342 g/mol. The molecule has 0 spiro atoms. The van der Waals surface area contributed by atoms with Crippen LogP contribution >= 0.6 is 15.9 Å². The highest BCUT2D eigenvalue weighted by atomic mass is 79.9. The molecule has 0 saturated carbocycles. The summed E-state index contributed by atoms with van der Waals surface area (Å²) in [6.45, 7) is 8.52. The molecule has 0 aromatic heterocycles. The smallest absolute Gasteiger partial charge is 0.121 e. The third kappa shape index (κ3) is 5.28. The van der Waals surface area contributed by atoms with Gasteiger partial charge < -0.3 is 4.74 Å². The quantitative estimate of drug-likeness (QED) is 0.693. The number of hydrogen-bond acceptors (Lipinski definition) is 1. The minimum Gasteiger partial charge on any atom is -0.489 e. The molecule has 0 fully saturated rings. The van der Waals surface area contributed by atoms with Gasteiger partial charge in [-0.1, -0.05) is 42.2 Å². The lowest BCUT2D eigenvalue weighted by atomic mass is 9.97. The Morgan fingerprint density at radius 2 is 1.86 bits per heavy atom. The van der Waals surface area contributed by atoms with Crippen LogP contribution in [0.2, 0.25) is 0 Å². The number of ether oxygens (including phenoxy) is 1. The molecule has 2 aromatic carbocycles. The molecule has 107 valence electrons. The van der Waals surface area contributed by atoms with E-state index < -0.39 is 0 Å². The van der Waals surface area contributed by atoms with E-state index in [4.69, 9.17) is 4.74 Å². The summed E-state index contributed by atoms with van der Waals surface area (Å²) < 4.78 is 6.78. The van der Waals surface area contributed by atoms with E-state index in [1.54, 1.807) is 0 Å². The summed E-state index contributed by atoms with van der Waals surface area (Å²) in [7, 11) is 0. The van der Waals surface area contributed by atoms with Gasteiger partial charge in [-0.3, -0.25) is 0 Å². The van der Waals surface area contributed by atoms with Gasteiger partial charge in [0.25, 0.3) is 0 Å². The van der Waals surface area contributed by atoms with Gasteiger partial charge in [0.15, 0.2) is 0 Å². The van der Waals surface area contributed by atoms with Crippen LogP contribution in [0, 0.1) is 24.2 Å². The Bertz CT molecular complexity index is 657. The van der Waals surface area contributed by atoms with E-state index in [2.05, 4.69) is 34.7 Å². The second-order valence-electron chi connectivity index (χ2n) is 5.55. The minimum absolute atomic E-state index is 0.264. The van der Waals surface area contributed by atoms with E-state index in [9.17, 15) is 0 Å². The van der Waals surface area contributed by atoms with Crippen molar-refractivity contribution in [1.29, 1.82) is 0 Å². The molecule has 0 amide bonds. The molecule has 21 heavy (non-hydrogen) atoms. The molecule has 2 heteroatoms. The number of rotatable bonds is 3. The van der Waals surface area contributed by atoms with E-state index in [-0.39, 0.29) is 5.41 Å². The molecule has 0 atom stereocenters. The molecule has 0 aliphatic carbocycles. The summed E-state index contributed by atoms with van der Waals surface area (Å²) in [5.74, 6) is 7.10. The lowest BCUT2D eigenvalue weighted by molar-refractivity contribution is 0.306. The molecule has 1 radical (unpaired) electrons. The van der Waals surface area contributed by atoms with Crippen molar-refractivity contribution in [3.63, 3.8) is 0 Å². The zero-order chi connectivity index (χ0) is 15.3. The zero-order valence-electron chi connectivity index (χ0n) is 12.3. The van der Waals surface area contributed by atoms with E-state index in [1.165, 1.54) is 0 Å². The average Bonchev–Trinajstić information content (AvgIpc) is 2.45. The molecule has 0 bridgehead atoms. The first-order valence-electron chi connectivity index (χ1n) is 6.79. The summed E-state index contributed by atoms with van der Waals surface area (Å²) in [6.07, 6.45) is 0. The summed E-state index contributed by atoms with van der Waals surface area (Å²) in [4.78, 5) is 0. The van der Waals surface area contributed by atoms with E-state index in [0.29, 0.717) is 6.61 Å². The van der Waals surface area contributed by atoms with Crippen molar-refractivity contribution in [3.05, 3.63) is 71.1 Å². The van der Waals surface area contributed by atoms with Crippen molar-refractivity contribution in [1.82, 2.24) is 0 Å². The zero-order valence-corrected chi connectivity index (χ0v) is 13.9. The third-order valence-corrected chi connectivity index (χ3v) is 3.41. The number of halogens is 1. The summed E-state index contributed by atoms with van der Waals surface area (Å²) in [5.41, 5.74) is 1.80. The van der Waals surface area contributed by atoms with Gasteiger partial charge in [0.05, 0.1) is 0 Å². The van der Waals surface area contributed by atoms with Gasteiger partial charge in [-0.15, -0.1) is 0 Å². The maximum atomic E-state index is 5.82. The third-order valence-electron chi connectivity index (χ3n) is 2.72. The Morgan fingerprint density at radius 3 is 2.52 bits per heavy atom. The van der Waals surface area contributed by atoms with Crippen LogP contribution in [0.3, 0.4) is 0 Å². The summed E-state index contributed by atoms with van der Waals surface area (Å²) >= 11 is 3.52. The first-order chi connectivity index (χ1) is 9.94. The maximum Gasteiger partial charge on any atom is 0.121 e. The van der Waals surface area contributed by atoms with Gasteiger partial charge in [-0.2, -0.15) is 0 Å². The SMILES string of the molecule is [CH2]C(C)(C)C#Cc1cc(OCc2ccccc2)ccc1Br. The highest BCUT2D eigenvalue weighted by molar-refractivity contribution is 9.10. The Labute approximate surface area is 135 Å². The second-order valence-corrected chi connectivity index (χ2v) is 6.40. The predicted octanol–water partition coefficient (Wildman–Crippen LogP) is 5.24. The molecule has 2 rings (SSSR count). The van der Waals surface area contributed by atoms with Crippen molar-refractivity contribution in [2.24, 2.45) is 5.41 Å². The molecule has 0 heterocycles. The van der Waals surface area contributed by atoms with Crippen LogP contribution < -0.4 is 4.74 Å². The van der Waals surface area contributed by atoms with Crippen molar-refractivity contribution in [2.45, 2.75) is 20.5 Å². The first kappa shape index (κ1) is 15.7. The van der Waals surface area contributed by atoms with Crippen LogP contribution in [0.1, 0.15) is 25.0 Å². The molecular weight excluding hydrogens is 324 g/mol. The molecule has 0 N–H and O–H groups in total. The topological polar surface area (TPSA) is 9.23 Å².